The molecule has 0 saturated carbocycles. The number of likely N-dealkylation sites (tertiary alicyclic amines) is 1. The van der Waals surface area contributed by atoms with Gasteiger partial charge in [-0.2, -0.15) is 0 Å². The summed E-state index contributed by atoms with van der Waals surface area (Å²) in [5.74, 6) is 1.37. The van der Waals surface area contributed by atoms with Crippen LogP contribution in [0.25, 0.3) is 0 Å². The lowest BCUT2D eigenvalue weighted by Gasteiger charge is -2.49. The molecule has 0 atom stereocenters. The van der Waals surface area contributed by atoms with E-state index in [-0.39, 0.29) is 16.8 Å². The van der Waals surface area contributed by atoms with Gasteiger partial charge in [0.15, 0.2) is 15.7 Å². The highest BCUT2D eigenvalue weighted by atomic mass is 32.2. The molecular formula is C22H29N5O3S. The highest BCUT2D eigenvalue weighted by molar-refractivity contribution is 7.90. The fourth-order valence-electron chi connectivity index (χ4n) is 4.26. The van der Waals surface area contributed by atoms with Gasteiger partial charge in [0.25, 0.3) is 0 Å². The van der Waals surface area contributed by atoms with Crippen molar-refractivity contribution in [3.8, 4) is 0 Å². The molecule has 3 heterocycles. The first-order chi connectivity index (χ1) is 14.6. The molecule has 2 aromatic rings. The summed E-state index contributed by atoms with van der Waals surface area (Å²) < 4.78 is 23.4. The Kier molecular flexibility index (Phi) is 5.43. The van der Waals surface area contributed by atoms with E-state index >= 15 is 0 Å². The van der Waals surface area contributed by atoms with E-state index in [1.807, 2.05) is 26.0 Å². The Hall–Kier alpha value is -2.65. The number of aromatic nitrogens is 1. The lowest BCUT2D eigenvalue weighted by Crippen LogP contribution is -2.61. The number of benzene rings is 1. The van der Waals surface area contributed by atoms with Crippen LogP contribution in [0.2, 0.25) is 0 Å². The molecule has 31 heavy (non-hydrogen) atoms. The van der Waals surface area contributed by atoms with Crippen molar-refractivity contribution in [3.63, 3.8) is 0 Å². The molecule has 0 unspecified atom stereocenters. The van der Waals surface area contributed by atoms with Crippen molar-refractivity contribution in [3.05, 3.63) is 36.4 Å². The first-order valence-electron chi connectivity index (χ1n) is 10.4. The monoisotopic (exact) mass is 443 g/mol. The summed E-state index contributed by atoms with van der Waals surface area (Å²) in [6, 6.07) is 10.5. The van der Waals surface area contributed by atoms with Crippen molar-refractivity contribution in [1.82, 2.24) is 9.88 Å². The van der Waals surface area contributed by atoms with Crippen molar-refractivity contribution in [2.24, 2.45) is 0 Å². The number of sulfone groups is 1. The Morgan fingerprint density at radius 2 is 1.74 bits per heavy atom. The van der Waals surface area contributed by atoms with E-state index in [4.69, 9.17) is 4.98 Å². The molecule has 0 spiro atoms. The number of amides is 1. The third kappa shape index (κ3) is 4.24. The second-order valence-electron chi connectivity index (χ2n) is 8.91. The van der Waals surface area contributed by atoms with Crippen LogP contribution in [0.1, 0.15) is 26.7 Å². The van der Waals surface area contributed by atoms with E-state index in [1.165, 1.54) is 6.26 Å². The van der Waals surface area contributed by atoms with Crippen molar-refractivity contribution in [1.29, 1.82) is 0 Å². The molecular weight excluding hydrogens is 414 g/mol. The number of hydrogen-bond donors (Lipinski definition) is 2. The van der Waals surface area contributed by atoms with E-state index < -0.39 is 15.4 Å². The summed E-state index contributed by atoms with van der Waals surface area (Å²) in [6.45, 7) is 5.85. The third-order valence-corrected chi connectivity index (χ3v) is 7.25. The van der Waals surface area contributed by atoms with Gasteiger partial charge in [0.2, 0.25) is 5.91 Å². The van der Waals surface area contributed by atoms with Gasteiger partial charge in [-0.25, -0.2) is 13.4 Å². The largest absolute Gasteiger partial charge is 0.340 e. The standard InChI is InChI=1S/C22H29N5O3S/c1-22(2)21(28)24-18-9-10-19(23-15-5-7-17(8-6-15)31(4,29)30)25-20(18)27(22)16-11-13-26(3)14-12-16/h5-10,16H,11-14H2,1-4H3,(H,23,25)(H,24,28). The van der Waals surface area contributed by atoms with Gasteiger partial charge in [-0.1, -0.05) is 0 Å². The molecule has 0 aliphatic carbocycles. The molecule has 0 radical (unpaired) electrons. The Bertz CT molecular complexity index is 1090. The molecule has 1 amide bonds. The highest BCUT2D eigenvalue weighted by Gasteiger charge is 2.45. The van der Waals surface area contributed by atoms with Crippen molar-refractivity contribution in [2.75, 3.05) is 41.9 Å². The Balaban J connectivity index is 1.65. The summed E-state index contributed by atoms with van der Waals surface area (Å²) in [5.41, 5.74) is 0.738. The first kappa shape index (κ1) is 21.6. The van der Waals surface area contributed by atoms with Gasteiger partial charge < -0.3 is 20.4 Å². The smallest absolute Gasteiger partial charge is 0.249 e. The molecule has 1 saturated heterocycles. The van der Waals surface area contributed by atoms with Crippen LogP contribution in [0.3, 0.4) is 0 Å². The fourth-order valence-corrected chi connectivity index (χ4v) is 4.89. The zero-order valence-electron chi connectivity index (χ0n) is 18.3. The Morgan fingerprint density at radius 3 is 2.35 bits per heavy atom. The maximum absolute atomic E-state index is 12.8. The van der Waals surface area contributed by atoms with Crippen LogP contribution < -0.4 is 15.5 Å². The second kappa shape index (κ2) is 7.80. The Labute approximate surface area is 183 Å². The molecule has 4 rings (SSSR count). The highest BCUT2D eigenvalue weighted by Crippen LogP contribution is 2.40. The average Bonchev–Trinajstić information content (AvgIpc) is 2.70. The minimum atomic E-state index is -3.24. The number of carbonyl (C=O) groups excluding carboxylic acids is 1. The van der Waals surface area contributed by atoms with Crippen molar-refractivity contribution in [2.45, 2.75) is 43.2 Å². The summed E-state index contributed by atoms with van der Waals surface area (Å²) in [7, 11) is -1.12. The van der Waals surface area contributed by atoms with E-state index in [0.29, 0.717) is 11.5 Å². The molecule has 2 aliphatic heterocycles. The number of nitrogens with zero attached hydrogens (tertiary/aromatic N) is 3. The van der Waals surface area contributed by atoms with Crippen LogP contribution in [0.15, 0.2) is 41.3 Å². The zero-order valence-corrected chi connectivity index (χ0v) is 19.2. The maximum atomic E-state index is 12.8. The second-order valence-corrected chi connectivity index (χ2v) is 10.9. The van der Waals surface area contributed by atoms with Crippen molar-refractivity contribution >= 4 is 38.8 Å². The van der Waals surface area contributed by atoms with E-state index in [0.717, 1.165) is 37.4 Å². The number of hydrogen-bond acceptors (Lipinski definition) is 7. The van der Waals surface area contributed by atoms with Crippen LogP contribution in [-0.2, 0) is 14.6 Å². The molecule has 9 heteroatoms. The van der Waals surface area contributed by atoms with E-state index in [2.05, 4.69) is 27.5 Å². The number of carbonyl (C=O) groups is 1. The van der Waals surface area contributed by atoms with Crippen LogP contribution in [0, 0.1) is 0 Å². The lowest BCUT2D eigenvalue weighted by atomic mass is 9.92. The predicted molar refractivity (Wildman–Crippen MR) is 123 cm³/mol. The minimum Gasteiger partial charge on any atom is -0.340 e. The SMILES string of the molecule is CN1CCC(N2c3nc(Nc4ccc(S(C)(=O)=O)cc4)ccc3NC(=O)C2(C)C)CC1. The van der Waals surface area contributed by atoms with Gasteiger partial charge in [-0.15, -0.1) is 0 Å². The lowest BCUT2D eigenvalue weighted by molar-refractivity contribution is -0.120. The van der Waals surface area contributed by atoms with Gasteiger partial charge in [0, 0.05) is 18.0 Å². The minimum absolute atomic E-state index is 0.0298. The molecule has 1 aromatic heterocycles. The third-order valence-electron chi connectivity index (χ3n) is 6.12. The summed E-state index contributed by atoms with van der Waals surface area (Å²) in [4.78, 5) is 22.4. The van der Waals surface area contributed by atoms with Gasteiger partial charge in [0.1, 0.15) is 11.4 Å². The van der Waals surface area contributed by atoms with Crippen LogP contribution in [0.4, 0.5) is 23.0 Å². The van der Waals surface area contributed by atoms with E-state index in [1.54, 1.807) is 24.3 Å². The number of anilines is 4. The quantitative estimate of drug-likeness (QED) is 0.750. The normalized spacial score (nSPS) is 19.6. The predicted octanol–water partition coefficient (Wildman–Crippen LogP) is 2.86. The maximum Gasteiger partial charge on any atom is 0.249 e. The summed E-state index contributed by atoms with van der Waals surface area (Å²) in [6.07, 6.45) is 3.13. The number of fused-ring (bicyclic) bond motifs is 1. The molecule has 166 valence electrons. The zero-order chi connectivity index (χ0) is 22.4. The number of nitrogens with one attached hydrogen (secondary N) is 2. The van der Waals surface area contributed by atoms with Crippen LogP contribution in [0.5, 0.6) is 0 Å². The number of piperidine rings is 1. The first-order valence-corrected chi connectivity index (χ1v) is 12.3. The average molecular weight is 444 g/mol. The van der Waals surface area contributed by atoms with E-state index in [9.17, 15) is 13.2 Å². The topological polar surface area (TPSA) is 94.6 Å². The summed E-state index contributed by atoms with van der Waals surface area (Å²) in [5, 5.41) is 6.24. The van der Waals surface area contributed by atoms with Gasteiger partial charge in [-0.05, 0) is 83.2 Å². The summed E-state index contributed by atoms with van der Waals surface area (Å²) >= 11 is 0. The number of pyridine rings is 1. The van der Waals surface area contributed by atoms with Gasteiger partial charge in [-0.3, -0.25) is 4.79 Å². The molecule has 1 aromatic carbocycles. The van der Waals surface area contributed by atoms with Crippen LogP contribution >= 0.6 is 0 Å². The fraction of sp³-hybridized carbons (Fsp3) is 0.455. The molecule has 2 aliphatic rings. The molecule has 1 fully saturated rings. The van der Waals surface area contributed by atoms with Crippen LogP contribution in [-0.4, -0.2) is 62.2 Å². The Morgan fingerprint density at radius 1 is 1.10 bits per heavy atom. The molecule has 0 bridgehead atoms. The van der Waals surface area contributed by atoms with Gasteiger partial charge >= 0.3 is 0 Å². The molecule has 2 N–H and O–H groups in total. The van der Waals surface area contributed by atoms with Crippen molar-refractivity contribution < 1.29 is 13.2 Å². The molecule has 8 nitrogen and oxygen atoms in total. The number of rotatable bonds is 4. The van der Waals surface area contributed by atoms with Gasteiger partial charge in [0.05, 0.1) is 10.6 Å².